The van der Waals surface area contributed by atoms with Crippen LogP contribution in [-0.4, -0.2) is 36.5 Å². The molecule has 4 aliphatic rings. The van der Waals surface area contributed by atoms with Crippen molar-refractivity contribution in [3.05, 3.63) is 0 Å². The zero-order valence-electron chi connectivity index (χ0n) is 10.5. The van der Waals surface area contributed by atoms with Crippen molar-refractivity contribution in [3.63, 3.8) is 0 Å². The van der Waals surface area contributed by atoms with E-state index in [0.717, 1.165) is 36.9 Å². The molecule has 0 aromatic heterocycles. The monoisotopic (exact) mass is 236 g/mol. The van der Waals surface area contributed by atoms with Gasteiger partial charge in [-0.05, 0) is 49.9 Å². The van der Waals surface area contributed by atoms with Crippen molar-refractivity contribution in [2.24, 2.45) is 34.2 Å². The molecule has 2 aliphatic carbocycles. The number of nitrogens with two attached hydrogens (primary N) is 2. The molecule has 0 aromatic rings. The predicted octanol–water partition coefficient (Wildman–Crippen LogP) is 0.770. The molecule has 2 saturated heterocycles. The highest BCUT2D eigenvalue weighted by molar-refractivity contribution is 5.75. The molecule has 17 heavy (non-hydrogen) atoms. The summed E-state index contributed by atoms with van der Waals surface area (Å²) in [4.78, 5) is 6.79. The van der Waals surface area contributed by atoms with Crippen LogP contribution in [0.3, 0.4) is 0 Å². The van der Waals surface area contributed by atoms with Gasteiger partial charge in [-0.1, -0.05) is 0 Å². The van der Waals surface area contributed by atoms with Gasteiger partial charge in [-0.15, -0.1) is 0 Å². The number of fused-ring (bicyclic) bond motifs is 1. The number of hydrogen-bond acceptors (Lipinski definition) is 2. The number of rotatable bonds is 3. The Morgan fingerprint density at radius 1 is 1.00 bits per heavy atom. The summed E-state index contributed by atoms with van der Waals surface area (Å²) in [6.07, 6.45) is 7.32. The molecule has 0 radical (unpaired) electrons. The first-order chi connectivity index (χ1) is 8.20. The Balaban J connectivity index is 1.64. The SMILES string of the molecule is NC(N)=NCCN1CC2CC3CC(C2)CC1C3. The Morgan fingerprint density at radius 2 is 1.65 bits per heavy atom. The molecule has 0 spiro atoms. The van der Waals surface area contributed by atoms with Gasteiger partial charge in [0.15, 0.2) is 5.96 Å². The van der Waals surface area contributed by atoms with Crippen molar-refractivity contribution in [3.8, 4) is 0 Å². The van der Waals surface area contributed by atoms with E-state index >= 15 is 0 Å². The van der Waals surface area contributed by atoms with Gasteiger partial charge in [0, 0.05) is 19.1 Å². The Bertz CT molecular complexity index is 297. The van der Waals surface area contributed by atoms with Crippen LogP contribution in [0.2, 0.25) is 0 Å². The van der Waals surface area contributed by atoms with Gasteiger partial charge in [0.25, 0.3) is 0 Å². The first-order valence-corrected chi connectivity index (χ1v) is 7.00. The van der Waals surface area contributed by atoms with E-state index in [1.54, 1.807) is 0 Å². The second-order valence-corrected chi connectivity index (χ2v) is 6.23. The molecule has 2 aliphatic heterocycles. The maximum Gasteiger partial charge on any atom is 0.185 e. The summed E-state index contributed by atoms with van der Waals surface area (Å²) in [6, 6.07) is 0.820. The molecule has 0 aromatic carbocycles. The number of aliphatic imine (C=N–C) groups is 1. The standard InChI is InChI=1S/C13H24N4/c14-13(15)16-1-2-17-8-11-4-9-3-10(5-11)7-12(17)6-9/h9-12H,1-8H2,(H4,14,15,16). The quantitative estimate of drug-likeness (QED) is 0.562. The topological polar surface area (TPSA) is 67.6 Å². The van der Waals surface area contributed by atoms with E-state index in [-0.39, 0.29) is 5.96 Å². The van der Waals surface area contributed by atoms with E-state index < -0.39 is 0 Å². The molecule has 2 atom stereocenters. The summed E-state index contributed by atoms with van der Waals surface area (Å²) >= 11 is 0. The maximum absolute atomic E-state index is 5.38. The molecule has 2 heterocycles. The van der Waals surface area contributed by atoms with Gasteiger partial charge in [-0.3, -0.25) is 9.89 Å². The minimum Gasteiger partial charge on any atom is -0.370 e. The van der Waals surface area contributed by atoms with Gasteiger partial charge in [0.05, 0.1) is 6.54 Å². The van der Waals surface area contributed by atoms with Crippen LogP contribution in [0.25, 0.3) is 0 Å². The second kappa shape index (κ2) is 4.48. The van der Waals surface area contributed by atoms with Crippen molar-refractivity contribution in [2.75, 3.05) is 19.6 Å². The fraction of sp³-hybridized carbons (Fsp3) is 0.923. The van der Waals surface area contributed by atoms with Crippen molar-refractivity contribution in [1.29, 1.82) is 0 Å². The number of guanidine groups is 1. The molecule has 0 amide bonds. The summed E-state index contributed by atoms with van der Waals surface area (Å²) < 4.78 is 0. The lowest BCUT2D eigenvalue weighted by molar-refractivity contribution is 0.127. The average molecular weight is 236 g/mol. The Labute approximate surface area is 103 Å². The molecular formula is C13H24N4. The van der Waals surface area contributed by atoms with Gasteiger partial charge >= 0.3 is 0 Å². The molecule has 4 bridgehead atoms. The lowest BCUT2D eigenvalue weighted by atomic mass is 9.68. The van der Waals surface area contributed by atoms with E-state index in [2.05, 4.69) is 9.89 Å². The highest BCUT2D eigenvalue weighted by atomic mass is 15.2. The predicted molar refractivity (Wildman–Crippen MR) is 69.6 cm³/mol. The molecule has 2 unspecified atom stereocenters. The zero-order chi connectivity index (χ0) is 11.8. The van der Waals surface area contributed by atoms with Gasteiger partial charge in [0.2, 0.25) is 0 Å². The molecule has 2 saturated carbocycles. The van der Waals surface area contributed by atoms with E-state index in [1.165, 1.54) is 38.6 Å². The van der Waals surface area contributed by atoms with Crippen molar-refractivity contribution >= 4 is 5.96 Å². The van der Waals surface area contributed by atoms with Crippen molar-refractivity contribution < 1.29 is 0 Å². The van der Waals surface area contributed by atoms with E-state index in [1.807, 2.05) is 0 Å². The highest BCUT2D eigenvalue weighted by Crippen LogP contribution is 2.47. The maximum atomic E-state index is 5.38. The molecule has 4 nitrogen and oxygen atoms in total. The van der Waals surface area contributed by atoms with Crippen LogP contribution in [-0.2, 0) is 0 Å². The lowest BCUT2D eigenvalue weighted by Gasteiger charge is -2.39. The Kier molecular flexibility index (Phi) is 2.99. The first kappa shape index (κ1) is 11.3. The summed E-state index contributed by atoms with van der Waals surface area (Å²) in [6.45, 7) is 3.09. The van der Waals surface area contributed by atoms with Crippen LogP contribution in [0.1, 0.15) is 32.1 Å². The second-order valence-electron chi connectivity index (χ2n) is 6.23. The molecule has 4 fully saturated rings. The average Bonchev–Trinajstić information content (AvgIpc) is 2.43. The highest BCUT2D eigenvalue weighted by Gasteiger charge is 2.42. The molecular weight excluding hydrogens is 212 g/mol. The van der Waals surface area contributed by atoms with Crippen LogP contribution in [0.5, 0.6) is 0 Å². The summed E-state index contributed by atoms with van der Waals surface area (Å²) in [5.74, 6) is 3.22. The van der Waals surface area contributed by atoms with E-state index in [4.69, 9.17) is 11.5 Å². The first-order valence-electron chi connectivity index (χ1n) is 7.00. The van der Waals surface area contributed by atoms with Crippen LogP contribution in [0.4, 0.5) is 0 Å². The zero-order valence-corrected chi connectivity index (χ0v) is 10.5. The largest absolute Gasteiger partial charge is 0.370 e. The fourth-order valence-corrected chi connectivity index (χ4v) is 4.46. The minimum atomic E-state index is 0.227. The molecule has 4 rings (SSSR count). The Morgan fingerprint density at radius 3 is 2.29 bits per heavy atom. The molecule has 96 valence electrons. The normalized spacial score (nSPS) is 40.2. The number of nitrogens with zero attached hydrogens (tertiary/aromatic N) is 2. The van der Waals surface area contributed by atoms with Gasteiger partial charge in [0.1, 0.15) is 0 Å². The third-order valence-electron chi connectivity index (χ3n) is 4.90. The van der Waals surface area contributed by atoms with Crippen molar-refractivity contribution in [1.82, 2.24) is 4.90 Å². The van der Waals surface area contributed by atoms with Gasteiger partial charge < -0.3 is 11.5 Å². The number of hydrogen-bond donors (Lipinski definition) is 2. The summed E-state index contributed by atoms with van der Waals surface area (Å²) in [7, 11) is 0. The van der Waals surface area contributed by atoms with Gasteiger partial charge in [-0.2, -0.15) is 0 Å². The third kappa shape index (κ3) is 2.41. The van der Waals surface area contributed by atoms with Crippen LogP contribution >= 0.6 is 0 Å². The van der Waals surface area contributed by atoms with Crippen LogP contribution in [0.15, 0.2) is 4.99 Å². The van der Waals surface area contributed by atoms with E-state index in [9.17, 15) is 0 Å². The van der Waals surface area contributed by atoms with Crippen molar-refractivity contribution in [2.45, 2.75) is 38.1 Å². The van der Waals surface area contributed by atoms with Gasteiger partial charge in [-0.25, -0.2) is 0 Å². The molecule has 4 N–H and O–H groups in total. The van der Waals surface area contributed by atoms with Crippen LogP contribution in [0, 0.1) is 17.8 Å². The van der Waals surface area contributed by atoms with E-state index in [0.29, 0.717) is 0 Å². The smallest absolute Gasteiger partial charge is 0.185 e. The summed E-state index contributed by atoms with van der Waals surface area (Å²) in [5.41, 5.74) is 10.8. The van der Waals surface area contributed by atoms with Crippen LogP contribution < -0.4 is 11.5 Å². The fourth-order valence-electron chi connectivity index (χ4n) is 4.46. The third-order valence-corrected chi connectivity index (χ3v) is 4.90. The summed E-state index contributed by atoms with van der Waals surface area (Å²) in [5, 5.41) is 0. The Hall–Kier alpha value is -0.770. The lowest BCUT2D eigenvalue weighted by Crippen LogP contribution is -2.39. The molecule has 4 heteroatoms. The minimum absolute atomic E-state index is 0.227.